The zero-order chi connectivity index (χ0) is 11.4. The lowest BCUT2D eigenvalue weighted by Gasteiger charge is -2.25. The molecule has 1 N–H and O–H groups in total. The van der Waals surface area contributed by atoms with E-state index in [1.54, 1.807) is 14.2 Å². The van der Waals surface area contributed by atoms with Gasteiger partial charge in [-0.2, -0.15) is 0 Å². The van der Waals surface area contributed by atoms with Gasteiger partial charge in [-0.15, -0.1) is 0 Å². The standard InChI is InChI=1S/C12H17NO3/c1-14-9-3-4-12(15-2)10(7-9)11-8-16-6-5-13-11/h3-4,7,11,13H,5-6,8H2,1-2H3/t11-/m0/s1. The number of methoxy groups -OCH3 is 2. The van der Waals surface area contributed by atoms with Gasteiger partial charge in [-0.25, -0.2) is 0 Å². The van der Waals surface area contributed by atoms with Crippen LogP contribution in [-0.2, 0) is 4.74 Å². The minimum atomic E-state index is 0.179. The summed E-state index contributed by atoms with van der Waals surface area (Å²) in [5, 5.41) is 3.40. The van der Waals surface area contributed by atoms with E-state index in [9.17, 15) is 0 Å². The highest BCUT2D eigenvalue weighted by Gasteiger charge is 2.19. The molecule has 0 spiro atoms. The fourth-order valence-electron chi connectivity index (χ4n) is 1.88. The lowest BCUT2D eigenvalue weighted by Crippen LogP contribution is -2.34. The lowest BCUT2D eigenvalue weighted by molar-refractivity contribution is 0.0760. The SMILES string of the molecule is COc1ccc(OC)c([C@@H]2COCCN2)c1. The third-order valence-electron chi connectivity index (χ3n) is 2.73. The first-order chi connectivity index (χ1) is 7.85. The molecule has 1 fully saturated rings. The van der Waals surface area contributed by atoms with Crippen molar-refractivity contribution in [2.75, 3.05) is 34.0 Å². The Morgan fingerprint density at radius 2 is 2.19 bits per heavy atom. The first kappa shape index (κ1) is 11.2. The van der Waals surface area contributed by atoms with Crippen LogP contribution in [0.1, 0.15) is 11.6 Å². The highest BCUT2D eigenvalue weighted by molar-refractivity contribution is 5.42. The highest BCUT2D eigenvalue weighted by Crippen LogP contribution is 2.30. The smallest absolute Gasteiger partial charge is 0.123 e. The molecule has 0 saturated carbocycles. The summed E-state index contributed by atoms with van der Waals surface area (Å²) >= 11 is 0. The van der Waals surface area contributed by atoms with Crippen LogP contribution in [0.4, 0.5) is 0 Å². The Labute approximate surface area is 95.5 Å². The lowest BCUT2D eigenvalue weighted by atomic mass is 10.1. The van der Waals surface area contributed by atoms with Gasteiger partial charge >= 0.3 is 0 Å². The summed E-state index contributed by atoms with van der Waals surface area (Å²) in [4.78, 5) is 0. The molecule has 4 nitrogen and oxygen atoms in total. The number of hydrogen-bond donors (Lipinski definition) is 1. The van der Waals surface area contributed by atoms with Crippen molar-refractivity contribution in [1.29, 1.82) is 0 Å². The van der Waals surface area contributed by atoms with Gasteiger partial charge in [0.1, 0.15) is 11.5 Å². The van der Waals surface area contributed by atoms with Gasteiger partial charge < -0.3 is 19.5 Å². The Morgan fingerprint density at radius 3 is 2.81 bits per heavy atom. The van der Waals surface area contributed by atoms with Crippen LogP contribution in [0.15, 0.2) is 18.2 Å². The second-order valence-corrected chi connectivity index (χ2v) is 3.69. The predicted molar refractivity (Wildman–Crippen MR) is 61.1 cm³/mol. The molecule has 4 heteroatoms. The Morgan fingerprint density at radius 1 is 1.31 bits per heavy atom. The van der Waals surface area contributed by atoms with E-state index in [2.05, 4.69) is 5.32 Å². The molecule has 0 bridgehead atoms. The molecule has 1 aromatic carbocycles. The third kappa shape index (κ3) is 2.28. The Kier molecular flexibility index (Phi) is 3.64. The normalized spacial score (nSPS) is 20.5. The Bertz CT molecular complexity index is 348. The van der Waals surface area contributed by atoms with Crippen molar-refractivity contribution in [2.24, 2.45) is 0 Å². The number of morpholine rings is 1. The maximum absolute atomic E-state index is 5.45. The third-order valence-corrected chi connectivity index (χ3v) is 2.73. The van der Waals surface area contributed by atoms with Gasteiger partial charge in [0.15, 0.2) is 0 Å². The highest BCUT2D eigenvalue weighted by atomic mass is 16.5. The summed E-state index contributed by atoms with van der Waals surface area (Å²) in [6.07, 6.45) is 0. The molecule has 0 amide bonds. The fraction of sp³-hybridized carbons (Fsp3) is 0.500. The van der Waals surface area contributed by atoms with Crippen LogP contribution >= 0.6 is 0 Å². The van der Waals surface area contributed by atoms with Crippen molar-refractivity contribution in [3.8, 4) is 11.5 Å². The molecule has 1 saturated heterocycles. The van der Waals surface area contributed by atoms with E-state index in [0.717, 1.165) is 30.2 Å². The molecule has 0 radical (unpaired) electrons. The summed E-state index contributed by atoms with van der Waals surface area (Å²) in [7, 11) is 3.34. The quantitative estimate of drug-likeness (QED) is 0.840. The average Bonchev–Trinajstić information content (AvgIpc) is 2.39. The van der Waals surface area contributed by atoms with E-state index >= 15 is 0 Å². The van der Waals surface area contributed by atoms with Crippen LogP contribution in [0, 0.1) is 0 Å². The number of ether oxygens (including phenoxy) is 3. The molecule has 0 unspecified atom stereocenters. The van der Waals surface area contributed by atoms with E-state index < -0.39 is 0 Å². The predicted octanol–water partition coefficient (Wildman–Crippen LogP) is 1.36. The van der Waals surface area contributed by atoms with E-state index in [-0.39, 0.29) is 6.04 Å². The zero-order valence-corrected chi connectivity index (χ0v) is 9.66. The van der Waals surface area contributed by atoms with Crippen LogP contribution in [0.5, 0.6) is 11.5 Å². The molecule has 88 valence electrons. The molecular weight excluding hydrogens is 206 g/mol. The van der Waals surface area contributed by atoms with Gasteiger partial charge in [0.2, 0.25) is 0 Å². The Balaban J connectivity index is 2.27. The largest absolute Gasteiger partial charge is 0.497 e. The van der Waals surface area contributed by atoms with Crippen molar-refractivity contribution in [1.82, 2.24) is 5.32 Å². The van der Waals surface area contributed by atoms with Gasteiger partial charge in [-0.1, -0.05) is 0 Å². The Hall–Kier alpha value is -1.26. The summed E-state index contributed by atoms with van der Waals surface area (Å²) < 4.78 is 16.0. The maximum Gasteiger partial charge on any atom is 0.123 e. The van der Waals surface area contributed by atoms with Crippen molar-refractivity contribution >= 4 is 0 Å². The second kappa shape index (κ2) is 5.18. The molecule has 1 aliphatic heterocycles. The van der Waals surface area contributed by atoms with E-state index in [1.807, 2.05) is 18.2 Å². The molecule has 0 aliphatic carbocycles. The number of rotatable bonds is 3. The topological polar surface area (TPSA) is 39.7 Å². The first-order valence-electron chi connectivity index (χ1n) is 5.38. The van der Waals surface area contributed by atoms with Crippen LogP contribution in [0.2, 0.25) is 0 Å². The van der Waals surface area contributed by atoms with Crippen molar-refractivity contribution in [3.63, 3.8) is 0 Å². The summed E-state index contributed by atoms with van der Waals surface area (Å²) in [6.45, 7) is 2.30. The summed E-state index contributed by atoms with van der Waals surface area (Å²) in [6, 6.07) is 5.99. The van der Waals surface area contributed by atoms with Crippen LogP contribution in [0.3, 0.4) is 0 Å². The van der Waals surface area contributed by atoms with Crippen molar-refractivity contribution in [2.45, 2.75) is 6.04 Å². The fourth-order valence-corrected chi connectivity index (χ4v) is 1.88. The van der Waals surface area contributed by atoms with Gasteiger partial charge in [0, 0.05) is 12.1 Å². The van der Waals surface area contributed by atoms with Gasteiger partial charge in [-0.3, -0.25) is 0 Å². The number of nitrogens with one attached hydrogen (secondary N) is 1. The summed E-state index contributed by atoms with van der Waals surface area (Å²) in [5.41, 5.74) is 1.08. The van der Waals surface area contributed by atoms with Crippen LogP contribution < -0.4 is 14.8 Å². The minimum Gasteiger partial charge on any atom is -0.497 e. The zero-order valence-electron chi connectivity index (χ0n) is 9.66. The molecule has 1 aromatic rings. The monoisotopic (exact) mass is 223 g/mol. The van der Waals surface area contributed by atoms with Gasteiger partial charge in [-0.05, 0) is 18.2 Å². The van der Waals surface area contributed by atoms with Crippen LogP contribution in [0.25, 0.3) is 0 Å². The number of benzene rings is 1. The van der Waals surface area contributed by atoms with E-state index in [1.165, 1.54) is 0 Å². The molecule has 1 atom stereocenters. The van der Waals surface area contributed by atoms with Gasteiger partial charge in [0.25, 0.3) is 0 Å². The molecule has 1 aliphatic rings. The number of hydrogen-bond acceptors (Lipinski definition) is 4. The van der Waals surface area contributed by atoms with E-state index in [4.69, 9.17) is 14.2 Å². The molecule has 2 rings (SSSR count). The van der Waals surface area contributed by atoms with Gasteiger partial charge in [0.05, 0.1) is 33.5 Å². The maximum atomic E-state index is 5.45. The van der Waals surface area contributed by atoms with Crippen molar-refractivity contribution in [3.05, 3.63) is 23.8 Å². The molecule has 1 heterocycles. The first-order valence-corrected chi connectivity index (χ1v) is 5.38. The van der Waals surface area contributed by atoms with E-state index in [0.29, 0.717) is 6.61 Å². The molecule has 0 aromatic heterocycles. The van der Waals surface area contributed by atoms with Crippen molar-refractivity contribution < 1.29 is 14.2 Å². The molecule has 16 heavy (non-hydrogen) atoms. The molecular formula is C12H17NO3. The average molecular weight is 223 g/mol. The summed E-state index contributed by atoms with van der Waals surface area (Å²) in [5.74, 6) is 1.70. The van der Waals surface area contributed by atoms with Crippen LogP contribution in [-0.4, -0.2) is 34.0 Å². The second-order valence-electron chi connectivity index (χ2n) is 3.69. The minimum absolute atomic E-state index is 0.179.